The van der Waals surface area contributed by atoms with Crippen molar-refractivity contribution in [3.05, 3.63) is 21.3 Å². The Morgan fingerprint density at radius 1 is 1.28 bits per heavy atom. The van der Waals surface area contributed by atoms with Crippen LogP contribution >= 0.6 is 22.9 Å². The predicted molar refractivity (Wildman–Crippen MR) is 80.2 cm³/mol. The second-order valence-electron chi connectivity index (χ2n) is 5.53. The van der Waals surface area contributed by atoms with Crippen molar-refractivity contribution in [3.63, 3.8) is 0 Å². The van der Waals surface area contributed by atoms with Gasteiger partial charge >= 0.3 is 0 Å². The van der Waals surface area contributed by atoms with Crippen molar-refractivity contribution in [2.45, 2.75) is 32.2 Å². The fourth-order valence-electron chi connectivity index (χ4n) is 2.86. The van der Waals surface area contributed by atoms with Crippen molar-refractivity contribution < 1.29 is 0 Å². The normalized spacial score (nSPS) is 24.7. The van der Waals surface area contributed by atoms with Crippen LogP contribution in [0.25, 0.3) is 0 Å². The highest BCUT2D eigenvalue weighted by Crippen LogP contribution is 2.29. The van der Waals surface area contributed by atoms with Crippen molar-refractivity contribution in [2.75, 3.05) is 20.1 Å². The standard InChI is InChI=1S/C14H23ClN2S/c1-17(10-13-6-7-14(15)18-13)9-12-4-2-11(8-16)3-5-12/h6-7,11-12H,2-5,8-10,16H2,1H3. The third-order valence-electron chi connectivity index (χ3n) is 3.92. The van der Waals surface area contributed by atoms with Gasteiger partial charge in [-0.05, 0) is 63.2 Å². The van der Waals surface area contributed by atoms with Gasteiger partial charge in [-0.25, -0.2) is 0 Å². The summed E-state index contributed by atoms with van der Waals surface area (Å²) in [7, 11) is 2.21. The van der Waals surface area contributed by atoms with Crippen LogP contribution in [0.2, 0.25) is 4.34 Å². The van der Waals surface area contributed by atoms with Crippen LogP contribution in [0.4, 0.5) is 0 Å². The number of nitrogens with two attached hydrogens (primary N) is 1. The van der Waals surface area contributed by atoms with Gasteiger partial charge in [-0.1, -0.05) is 11.6 Å². The van der Waals surface area contributed by atoms with Crippen LogP contribution in [0.5, 0.6) is 0 Å². The minimum absolute atomic E-state index is 0.780. The molecule has 0 unspecified atom stereocenters. The topological polar surface area (TPSA) is 29.3 Å². The molecule has 1 aliphatic carbocycles. The van der Waals surface area contributed by atoms with Crippen molar-refractivity contribution in [1.29, 1.82) is 0 Å². The maximum Gasteiger partial charge on any atom is 0.0931 e. The van der Waals surface area contributed by atoms with Crippen molar-refractivity contribution >= 4 is 22.9 Å². The minimum Gasteiger partial charge on any atom is -0.330 e. The molecule has 0 spiro atoms. The van der Waals surface area contributed by atoms with E-state index in [1.165, 1.54) is 37.1 Å². The molecule has 0 aromatic carbocycles. The molecule has 102 valence electrons. The molecule has 0 amide bonds. The number of nitrogens with zero attached hydrogens (tertiary/aromatic N) is 1. The third kappa shape index (κ3) is 4.23. The Labute approximate surface area is 119 Å². The highest BCUT2D eigenvalue weighted by molar-refractivity contribution is 7.16. The van der Waals surface area contributed by atoms with Crippen molar-refractivity contribution in [1.82, 2.24) is 4.90 Å². The first-order valence-electron chi connectivity index (χ1n) is 6.80. The molecule has 0 bridgehead atoms. The van der Waals surface area contributed by atoms with E-state index in [1.54, 1.807) is 11.3 Å². The molecule has 1 saturated carbocycles. The first-order valence-corrected chi connectivity index (χ1v) is 7.99. The van der Waals surface area contributed by atoms with Crippen LogP contribution in [0.3, 0.4) is 0 Å². The van der Waals surface area contributed by atoms with Gasteiger partial charge in [-0.3, -0.25) is 0 Å². The summed E-state index contributed by atoms with van der Waals surface area (Å²) in [5.41, 5.74) is 5.73. The first kappa shape index (κ1) is 14.3. The van der Waals surface area contributed by atoms with Gasteiger partial charge in [-0.15, -0.1) is 11.3 Å². The van der Waals surface area contributed by atoms with Gasteiger partial charge in [0.1, 0.15) is 0 Å². The van der Waals surface area contributed by atoms with E-state index in [4.69, 9.17) is 17.3 Å². The van der Waals surface area contributed by atoms with Crippen molar-refractivity contribution in [2.24, 2.45) is 17.6 Å². The summed E-state index contributed by atoms with van der Waals surface area (Å²) in [6, 6.07) is 4.12. The van der Waals surface area contributed by atoms with Crippen molar-refractivity contribution in [3.8, 4) is 0 Å². The van der Waals surface area contributed by atoms with Crippen LogP contribution in [-0.2, 0) is 6.54 Å². The van der Waals surface area contributed by atoms with Crippen LogP contribution in [-0.4, -0.2) is 25.0 Å². The maximum absolute atomic E-state index is 5.96. The van der Waals surface area contributed by atoms with Crippen LogP contribution < -0.4 is 5.73 Å². The van der Waals surface area contributed by atoms with E-state index in [9.17, 15) is 0 Å². The first-order chi connectivity index (χ1) is 8.67. The van der Waals surface area contributed by atoms with E-state index >= 15 is 0 Å². The number of halogens is 1. The molecule has 1 heterocycles. The molecule has 2 nitrogen and oxygen atoms in total. The predicted octanol–water partition coefficient (Wildman–Crippen LogP) is 3.60. The Hall–Kier alpha value is -0.0900. The summed E-state index contributed by atoms with van der Waals surface area (Å²) < 4.78 is 0.891. The molecule has 2 rings (SSSR count). The molecular weight excluding hydrogens is 264 g/mol. The Morgan fingerprint density at radius 2 is 1.94 bits per heavy atom. The molecule has 4 heteroatoms. The minimum atomic E-state index is 0.780. The Balaban J connectivity index is 1.73. The molecule has 1 aromatic rings. The second kappa shape index (κ2) is 6.90. The SMILES string of the molecule is CN(Cc1ccc(Cl)s1)CC1CCC(CN)CC1. The molecule has 0 radical (unpaired) electrons. The Morgan fingerprint density at radius 3 is 2.50 bits per heavy atom. The average Bonchev–Trinajstić information content (AvgIpc) is 2.75. The second-order valence-corrected chi connectivity index (χ2v) is 7.32. The van der Waals surface area contributed by atoms with E-state index < -0.39 is 0 Å². The quantitative estimate of drug-likeness (QED) is 0.896. The largest absolute Gasteiger partial charge is 0.330 e. The number of hydrogen-bond acceptors (Lipinski definition) is 3. The summed E-state index contributed by atoms with van der Waals surface area (Å²) >= 11 is 7.65. The lowest BCUT2D eigenvalue weighted by Crippen LogP contribution is -2.29. The van der Waals surface area contributed by atoms with Gasteiger partial charge in [0.15, 0.2) is 0 Å². The molecular formula is C14H23ClN2S. The summed E-state index contributed by atoms with van der Waals surface area (Å²) in [5.74, 6) is 1.64. The lowest BCUT2D eigenvalue weighted by molar-refractivity contribution is 0.202. The van der Waals surface area contributed by atoms with Crippen LogP contribution in [0.1, 0.15) is 30.6 Å². The summed E-state index contributed by atoms with van der Waals surface area (Å²) in [5, 5.41) is 0. The highest BCUT2D eigenvalue weighted by atomic mass is 35.5. The van der Waals surface area contributed by atoms with Gasteiger partial charge < -0.3 is 10.6 Å². The van der Waals surface area contributed by atoms with E-state index in [-0.39, 0.29) is 0 Å². The third-order valence-corrected chi connectivity index (χ3v) is 5.14. The maximum atomic E-state index is 5.96. The zero-order valence-electron chi connectivity index (χ0n) is 11.1. The number of thiophene rings is 1. The smallest absolute Gasteiger partial charge is 0.0931 e. The van der Waals surface area contributed by atoms with E-state index in [0.29, 0.717) is 0 Å². The van der Waals surface area contributed by atoms with Gasteiger partial charge in [0.05, 0.1) is 4.34 Å². The van der Waals surface area contributed by atoms with Gasteiger partial charge in [0, 0.05) is 18.0 Å². The Kier molecular flexibility index (Phi) is 5.49. The molecule has 1 aliphatic rings. The molecule has 0 atom stereocenters. The summed E-state index contributed by atoms with van der Waals surface area (Å²) in [6.07, 6.45) is 5.33. The molecule has 0 saturated heterocycles. The average molecular weight is 287 g/mol. The van der Waals surface area contributed by atoms with Gasteiger partial charge in [0.2, 0.25) is 0 Å². The van der Waals surface area contributed by atoms with E-state index in [1.807, 2.05) is 6.07 Å². The number of hydrogen-bond donors (Lipinski definition) is 1. The lowest BCUT2D eigenvalue weighted by atomic mass is 9.82. The molecule has 18 heavy (non-hydrogen) atoms. The molecule has 1 aromatic heterocycles. The lowest BCUT2D eigenvalue weighted by Gasteiger charge is -2.30. The molecule has 1 fully saturated rings. The fraction of sp³-hybridized carbons (Fsp3) is 0.714. The monoisotopic (exact) mass is 286 g/mol. The van der Waals surface area contributed by atoms with E-state index in [0.717, 1.165) is 29.3 Å². The zero-order valence-corrected chi connectivity index (χ0v) is 12.6. The van der Waals surface area contributed by atoms with E-state index in [2.05, 4.69) is 18.0 Å². The summed E-state index contributed by atoms with van der Waals surface area (Å²) in [4.78, 5) is 3.79. The zero-order chi connectivity index (χ0) is 13.0. The summed E-state index contributed by atoms with van der Waals surface area (Å²) in [6.45, 7) is 3.09. The van der Waals surface area contributed by atoms with Gasteiger partial charge in [-0.2, -0.15) is 0 Å². The number of rotatable bonds is 5. The van der Waals surface area contributed by atoms with Crippen LogP contribution in [0.15, 0.2) is 12.1 Å². The Bertz CT molecular complexity index is 358. The van der Waals surface area contributed by atoms with Crippen LogP contribution in [0, 0.1) is 11.8 Å². The van der Waals surface area contributed by atoms with Gasteiger partial charge in [0.25, 0.3) is 0 Å². The highest BCUT2D eigenvalue weighted by Gasteiger charge is 2.21. The molecule has 2 N–H and O–H groups in total. The fourth-order valence-corrected chi connectivity index (χ4v) is 4.03. The molecule has 0 aliphatic heterocycles.